The van der Waals surface area contributed by atoms with Gasteiger partial charge >= 0.3 is 5.97 Å². The number of β-amino-alcohol motifs (C(OH)–C–C–N with tert-alkyl or cyclic N) is 2. The van der Waals surface area contributed by atoms with E-state index in [1.807, 2.05) is 18.2 Å². The molecule has 3 atom stereocenters. The number of halogens is 2. The summed E-state index contributed by atoms with van der Waals surface area (Å²) in [6.45, 7) is 1.35. The first-order valence-corrected chi connectivity index (χ1v) is 14.0. The smallest absolute Gasteiger partial charge is 0.327 e. The highest BCUT2D eigenvalue weighted by Crippen LogP contribution is 2.35. The summed E-state index contributed by atoms with van der Waals surface area (Å²) in [7, 11) is 0. The number of carboxylic acids is 1. The number of likely N-dealkylation sites (tertiary alicyclic amines) is 1. The Kier molecular flexibility index (Phi) is 8.83. The molecule has 0 spiro atoms. The van der Waals surface area contributed by atoms with Crippen LogP contribution in [-0.4, -0.2) is 94.0 Å². The summed E-state index contributed by atoms with van der Waals surface area (Å²) in [6, 6.07) is 9.34. The van der Waals surface area contributed by atoms with Crippen molar-refractivity contribution in [2.45, 2.75) is 37.6 Å². The van der Waals surface area contributed by atoms with Crippen molar-refractivity contribution >= 4 is 52.0 Å². The number of carboxylic acid groups (broad SMARTS) is 1. The molecule has 13 heteroatoms. The van der Waals surface area contributed by atoms with Gasteiger partial charge in [0.1, 0.15) is 11.6 Å². The van der Waals surface area contributed by atoms with E-state index in [2.05, 4.69) is 10.6 Å². The number of aliphatic hydroxyl groups is 2. The molecule has 0 unspecified atom stereocenters. The molecule has 1 saturated heterocycles. The standard InChI is InChI=1S/C28H30Cl2N4O7/c29-20-7-16-11-34(27(38)23-8-15-3-1-2-4-22(15)41-23)6-5-19(16)25(30)24(20)26(37)32-21(28(39)40)10-31-14-33-12-17(35)9-18(36)13-33/h1-4,7-8,17-18,21,31,35-36H,5-6,9-14H2,(H,32,37)(H,39,40)/t17-,18+,21-/m0/s1. The van der Waals surface area contributed by atoms with Gasteiger partial charge in [-0.1, -0.05) is 41.4 Å². The van der Waals surface area contributed by atoms with Crippen molar-refractivity contribution in [3.63, 3.8) is 0 Å². The van der Waals surface area contributed by atoms with E-state index in [1.54, 1.807) is 28.0 Å². The SMILES string of the molecule is O=C(N[C@@H](CNCN1C[C@H](O)C[C@H](O)C1)C(=O)O)c1c(Cl)cc2c(c1Cl)CCN(C(=O)c1cc3ccccc3o1)C2. The zero-order valence-corrected chi connectivity index (χ0v) is 23.5. The Hall–Kier alpha value is -3.19. The molecule has 0 saturated carbocycles. The lowest BCUT2D eigenvalue weighted by molar-refractivity contribution is -0.139. The second-order valence-corrected chi connectivity index (χ2v) is 11.2. The molecule has 2 aliphatic heterocycles. The van der Waals surface area contributed by atoms with Crippen LogP contribution in [0.15, 0.2) is 40.8 Å². The summed E-state index contributed by atoms with van der Waals surface area (Å²) in [5.41, 5.74) is 1.95. The van der Waals surface area contributed by atoms with Crippen LogP contribution in [0.1, 0.15) is 38.5 Å². The van der Waals surface area contributed by atoms with Gasteiger partial charge in [-0.3, -0.25) is 14.5 Å². The number of nitrogens with one attached hydrogen (secondary N) is 2. The number of carbonyl (C=O) groups excluding carboxylic acids is 2. The molecule has 11 nitrogen and oxygen atoms in total. The third-order valence-electron chi connectivity index (χ3n) is 7.32. The van der Waals surface area contributed by atoms with Crippen LogP contribution in [0.25, 0.3) is 11.0 Å². The lowest BCUT2D eigenvalue weighted by Crippen LogP contribution is -2.52. The fourth-order valence-electron chi connectivity index (χ4n) is 5.34. The van der Waals surface area contributed by atoms with E-state index in [0.717, 1.165) is 5.39 Å². The minimum absolute atomic E-state index is 0.0299. The molecule has 41 heavy (non-hydrogen) atoms. The highest BCUT2D eigenvalue weighted by Gasteiger charge is 2.31. The summed E-state index contributed by atoms with van der Waals surface area (Å²) < 4.78 is 5.72. The number of rotatable bonds is 8. The van der Waals surface area contributed by atoms with Gasteiger partial charge in [-0.2, -0.15) is 0 Å². The minimum Gasteiger partial charge on any atom is -0.480 e. The minimum atomic E-state index is -1.29. The van der Waals surface area contributed by atoms with Gasteiger partial charge in [0.05, 0.1) is 27.8 Å². The van der Waals surface area contributed by atoms with Crippen LogP contribution in [0.2, 0.25) is 10.0 Å². The van der Waals surface area contributed by atoms with E-state index in [9.17, 15) is 29.7 Å². The summed E-state index contributed by atoms with van der Waals surface area (Å²) >= 11 is 13.1. The van der Waals surface area contributed by atoms with Crippen LogP contribution in [0, 0.1) is 0 Å². The number of fused-ring (bicyclic) bond motifs is 2. The summed E-state index contributed by atoms with van der Waals surface area (Å²) in [5, 5.41) is 35.7. The first kappa shape index (κ1) is 29.3. The van der Waals surface area contributed by atoms with Crippen molar-refractivity contribution in [2.75, 3.05) is 32.8 Å². The third-order valence-corrected chi connectivity index (χ3v) is 8.04. The first-order valence-electron chi connectivity index (χ1n) is 13.2. The molecule has 2 aliphatic rings. The lowest BCUT2D eigenvalue weighted by Gasteiger charge is -2.33. The number of furan rings is 1. The Morgan fingerprint density at radius 3 is 2.54 bits per heavy atom. The number of piperidine rings is 1. The van der Waals surface area contributed by atoms with E-state index >= 15 is 0 Å². The Bertz CT molecular complexity index is 1440. The molecule has 5 N–H and O–H groups in total. The third kappa shape index (κ3) is 6.50. The molecule has 0 bridgehead atoms. The zero-order chi connectivity index (χ0) is 29.3. The maximum absolute atomic E-state index is 13.2. The van der Waals surface area contributed by atoms with Crippen LogP contribution in [0.5, 0.6) is 0 Å². The van der Waals surface area contributed by atoms with Crippen molar-refractivity contribution in [1.29, 1.82) is 0 Å². The van der Waals surface area contributed by atoms with Crippen molar-refractivity contribution in [1.82, 2.24) is 20.4 Å². The Balaban J connectivity index is 1.24. The highest BCUT2D eigenvalue weighted by atomic mass is 35.5. The fraction of sp³-hybridized carbons (Fsp3) is 0.393. The van der Waals surface area contributed by atoms with E-state index in [1.165, 1.54) is 0 Å². The molecule has 3 aromatic rings. The van der Waals surface area contributed by atoms with Gasteiger partial charge < -0.3 is 35.3 Å². The number of hydrogen-bond acceptors (Lipinski definition) is 8. The molecular formula is C28H30Cl2N4O7. The van der Waals surface area contributed by atoms with Crippen molar-refractivity contribution in [3.05, 3.63) is 68.9 Å². The molecule has 5 rings (SSSR count). The van der Waals surface area contributed by atoms with E-state index < -0.39 is 30.1 Å². The van der Waals surface area contributed by atoms with Crippen LogP contribution >= 0.6 is 23.2 Å². The Labute approximate surface area is 245 Å². The quantitative estimate of drug-likeness (QED) is 0.260. The maximum atomic E-state index is 13.2. The molecule has 1 aromatic heterocycles. The van der Waals surface area contributed by atoms with Crippen molar-refractivity contribution in [2.24, 2.45) is 0 Å². The average molecular weight is 605 g/mol. The van der Waals surface area contributed by atoms with E-state index in [0.29, 0.717) is 49.2 Å². The molecule has 0 radical (unpaired) electrons. The van der Waals surface area contributed by atoms with Gasteiger partial charge in [0.25, 0.3) is 11.8 Å². The van der Waals surface area contributed by atoms with Gasteiger partial charge in [0.15, 0.2) is 5.76 Å². The number of aliphatic carboxylic acids is 1. The molecule has 2 aromatic carbocycles. The predicted octanol–water partition coefficient (Wildman–Crippen LogP) is 2.10. The van der Waals surface area contributed by atoms with Crippen molar-refractivity contribution < 1.29 is 34.1 Å². The Morgan fingerprint density at radius 2 is 1.83 bits per heavy atom. The normalized spacial score (nSPS) is 20.0. The summed E-state index contributed by atoms with van der Waals surface area (Å²) in [6.07, 6.45) is -0.671. The number of carbonyl (C=O) groups is 3. The zero-order valence-electron chi connectivity index (χ0n) is 22.0. The van der Waals surface area contributed by atoms with Crippen LogP contribution in [0.4, 0.5) is 0 Å². The topological polar surface area (TPSA) is 156 Å². The van der Waals surface area contributed by atoms with Gasteiger partial charge in [-0.15, -0.1) is 0 Å². The number of benzene rings is 2. The molecule has 1 fully saturated rings. The number of para-hydroxylation sites is 1. The average Bonchev–Trinajstić information content (AvgIpc) is 3.35. The van der Waals surface area contributed by atoms with E-state index in [-0.39, 0.29) is 47.0 Å². The van der Waals surface area contributed by atoms with Crippen LogP contribution in [-0.2, 0) is 17.8 Å². The van der Waals surface area contributed by atoms with Gasteiger partial charge in [0, 0.05) is 51.2 Å². The highest BCUT2D eigenvalue weighted by molar-refractivity contribution is 6.40. The second-order valence-electron chi connectivity index (χ2n) is 10.4. The van der Waals surface area contributed by atoms with Gasteiger partial charge in [-0.05, 0) is 35.7 Å². The first-order chi connectivity index (χ1) is 19.6. The van der Waals surface area contributed by atoms with Crippen molar-refractivity contribution in [3.8, 4) is 0 Å². The summed E-state index contributed by atoms with van der Waals surface area (Å²) in [4.78, 5) is 41.6. The number of nitrogens with zero attached hydrogens (tertiary/aromatic N) is 2. The number of amides is 2. The monoisotopic (exact) mass is 604 g/mol. The largest absolute Gasteiger partial charge is 0.480 e. The van der Waals surface area contributed by atoms with E-state index in [4.69, 9.17) is 27.6 Å². The Morgan fingerprint density at radius 1 is 1.10 bits per heavy atom. The molecule has 2 amide bonds. The molecule has 3 heterocycles. The molecule has 0 aliphatic carbocycles. The predicted molar refractivity (Wildman–Crippen MR) is 151 cm³/mol. The maximum Gasteiger partial charge on any atom is 0.327 e. The fourth-order valence-corrected chi connectivity index (χ4v) is 6.10. The second kappa shape index (κ2) is 12.4. The summed E-state index contributed by atoms with van der Waals surface area (Å²) in [5.74, 6) is -2.04. The number of hydrogen-bond donors (Lipinski definition) is 5. The molecular weight excluding hydrogens is 575 g/mol. The van der Waals surface area contributed by atoms with Crippen LogP contribution < -0.4 is 10.6 Å². The van der Waals surface area contributed by atoms with Gasteiger partial charge in [0.2, 0.25) is 0 Å². The van der Waals surface area contributed by atoms with Gasteiger partial charge in [-0.25, -0.2) is 4.79 Å². The molecule has 218 valence electrons. The lowest BCUT2D eigenvalue weighted by atomic mass is 9.96. The number of aliphatic hydroxyl groups excluding tert-OH is 2. The van der Waals surface area contributed by atoms with Crippen LogP contribution in [0.3, 0.4) is 0 Å².